The molecule has 0 aromatic carbocycles. The van der Waals surface area contributed by atoms with E-state index in [9.17, 15) is 9.59 Å². The highest BCUT2D eigenvalue weighted by molar-refractivity contribution is 5.72. The van der Waals surface area contributed by atoms with Gasteiger partial charge in [0.15, 0.2) is 0 Å². The summed E-state index contributed by atoms with van der Waals surface area (Å²) in [6.45, 7) is 0. The predicted molar refractivity (Wildman–Crippen MR) is 46.6 cm³/mol. The third-order valence-electron chi connectivity index (χ3n) is 1.34. The average Bonchev–Trinajstić information content (AvgIpc) is 2.14. The summed E-state index contributed by atoms with van der Waals surface area (Å²) in [5, 5.41) is 0. The summed E-state index contributed by atoms with van der Waals surface area (Å²) >= 11 is 0. The molecule has 1 rings (SSSR count). The summed E-state index contributed by atoms with van der Waals surface area (Å²) in [6, 6.07) is 2.74. The second-order valence-corrected chi connectivity index (χ2v) is 2.21. The van der Waals surface area contributed by atoms with Crippen LogP contribution in [0.4, 0.5) is 0 Å². The maximum Gasteiger partial charge on any atom is 0.339 e. The minimum atomic E-state index is -0.509. The number of allylic oxidation sites excluding steroid dienone is 1. The van der Waals surface area contributed by atoms with Crippen molar-refractivity contribution in [3.8, 4) is 5.75 Å². The Morgan fingerprint density at radius 1 is 1.46 bits per heavy atom. The lowest BCUT2D eigenvalue weighted by Gasteiger charge is -1.97. The van der Waals surface area contributed by atoms with Crippen molar-refractivity contribution in [2.45, 2.75) is 0 Å². The zero-order valence-corrected chi connectivity index (χ0v) is 7.02. The highest BCUT2D eigenvalue weighted by Gasteiger charge is 1.97. The Labute approximate surface area is 74.4 Å². The molecule has 0 aliphatic heterocycles. The van der Waals surface area contributed by atoms with E-state index >= 15 is 0 Å². The second-order valence-electron chi connectivity index (χ2n) is 2.21. The Bertz CT molecular complexity index is 375. The number of methoxy groups -OCH3 is 1. The lowest BCUT2D eigenvalue weighted by molar-refractivity contribution is -0.104. The molecular formula is C9H8O4. The van der Waals surface area contributed by atoms with E-state index in [2.05, 4.69) is 0 Å². The van der Waals surface area contributed by atoms with Gasteiger partial charge in [0, 0.05) is 6.07 Å². The summed E-state index contributed by atoms with van der Waals surface area (Å²) < 4.78 is 9.57. The van der Waals surface area contributed by atoms with Gasteiger partial charge < -0.3 is 9.15 Å². The van der Waals surface area contributed by atoms with Crippen LogP contribution in [-0.2, 0) is 4.79 Å². The molecule has 0 saturated carbocycles. The molecule has 1 heterocycles. The molecule has 1 aromatic heterocycles. The molecule has 68 valence electrons. The van der Waals surface area contributed by atoms with Gasteiger partial charge in [-0.15, -0.1) is 0 Å². The summed E-state index contributed by atoms with van der Waals surface area (Å²) in [7, 11) is 1.45. The minimum absolute atomic E-state index is 0.288. The van der Waals surface area contributed by atoms with Crippen LogP contribution in [0.1, 0.15) is 5.76 Å². The molecular weight excluding hydrogens is 172 g/mol. The number of carbonyl (C=O) groups excluding carboxylic acids is 1. The van der Waals surface area contributed by atoms with Gasteiger partial charge in [0.2, 0.25) is 0 Å². The molecule has 4 nitrogen and oxygen atoms in total. The molecule has 0 aliphatic carbocycles. The van der Waals surface area contributed by atoms with Gasteiger partial charge in [-0.1, -0.05) is 0 Å². The van der Waals surface area contributed by atoms with E-state index in [4.69, 9.17) is 9.15 Å². The van der Waals surface area contributed by atoms with E-state index < -0.39 is 5.63 Å². The first-order valence-corrected chi connectivity index (χ1v) is 3.57. The first-order chi connectivity index (χ1) is 6.26. The monoisotopic (exact) mass is 180 g/mol. The van der Waals surface area contributed by atoms with Crippen molar-refractivity contribution in [3.63, 3.8) is 0 Å². The Balaban J connectivity index is 3.08. The van der Waals surface area contributed by atoms with Crippen LogP contribution in [0.5, 0.6) is 5.75 Å². The molecule has 0 unspecified atom stereocenters. The van der Waals surface area contributed by atoms with E-state index in [0.717, 1.165) is 0 Å². The molecule has 13 heavy (non-hydrogen) atoms. The van der Waals surface area contributed by atoms with Crippen molar-refractivity contribution in [2.24, 2.45) is 0 Å². The number of aldehydes is 1. The molecule has 0 aliphatic rings. The van der Waals surface area contributed by atoms with Crippen molar-refractivity contribution >= 4 is 12.4 Å². The Kier molecular flexibility index (Phi) is 3.03. The van der Waals surface area contributed by atoms with Crippen LogP contribution in [-0.4, -0.2) is 13.4 Å². The number of hydrogen-bond donors (Lipinski definition) is 0. The maximum atomic E-state index is 10.9. The van der Waals surface area contributed by atoms with Crippen LogP contribution < -0.4 is 10.4 Å². The number of carbonyl (C=O) groups is 1. The summed E-state index contributed by atoms with van der Waals surface area (Å²) in [4.78, 5) is 20.8. The fourth-order valence-electron chi connectivity index (χ4n) is 0.807. The molecule has 0 saturated heterocycles. The van der Waals surface area contributed by atoms with Crippen molar-refractivity contribution in [1.29, 1.82) is 0 Å². The molecule has 0 spiro atoms. The number of rotatable bonds is 3. The second kappa shape index (κ2) is 4.25. The van der Waals surface area contributed by atoms with Gasteiger partial charge in [0.05, 0.1) is 13.2 Å². The van der Waals surface area contributed by atoms with Gasteiger partial charge in [-0.3, -0.25) is 4.79 Å². The molecule has 0 amide bonds. The molecule has 1 aromatic rings. The van der Waals surface area contributed by atoms with Crippen LogP contribution in [0.15, 0.2) is 27.4 Å². The van der Waals surface area contributed by atoms with Crippen molar-refractivity contribution in [2.75, 3.05) is 7.11 Å². The first kappa shape index (κ1) is 9.25. The molecule has 0 atom stereocenters. The third kappa shape index (κ3) is 2.59. The summed E-state index contributed by atoms with van der Waals surface area (Å²) in [6.07, 6.45) is 3.22. The maximum absolute atomic E-state index is 10.9. The standard InChI is InChI=1S/C9H8O4/c1-12-8-5-7(3-2-4-10)13-9(11)6-8/h2-6H,1H3/b3-2+. The fourth-order valence-corrected chi connectivity index (χ4v) is 0.807. The van der Waals surface area contributed by atoms with Crippen LogP contribution in [0.3, 0.4) is 0 Å². The van der Waals surface area contributed by atoms with Gasteiger partial charge in [0.25, 0.3) is 0 Å². The summed E-state index contributed by atoms with van der Waals surface area (Å²) in [5.41, 5.74) is -0.509. The lowest BCUT2D eigenvalue weighted by atomic mass is 10.3. The van der Waals surface area contributed by atoms with E-state index in [1.165, 1.54) is 31.4 Å². The van der Waals surface area contributed by atoms with Gasteiger partial charge in [-0.2, -0.15) is 0 Å². The summed E-state index contributed by atoms with van der Waals surface area (Å²) in [5.74, 6) is 0.693. The van der Waals surface area contributed by atoms with E-state index in [1.807, 2.05) is 0 Å². The minimum Gasteiger partial charge on any atom is -0.496 e. The van der Waals surface area contributed by atoms with Crippen LogP contribution >= 0.6 is 0 Å². The molecule has 4 heteroatoms. The lowest BCUT2D eigenvalue weighted by Crippen LogP contribution is -1.98. The van der Waals surface area contributed by atoms with Gasteiger partial charge in [0.1, 0.15) is 17.8 Å². The smallest absolute Gasteiger partial charge is 0.339 e. The van der Waals surface area contributed by atoms with E-state index in [-0.39, 0.29) is 5.76 Å². The Morgan fingerprint density at radius 3 is 2.85 bits per heavy atom. The van der Waals surface area contributed by atoms with Crippen molar-refractivity contribution < 1.29 is 13.9 Å². The average molecular weight is 180 g/mol. The predicted octanol–water partition coefficient (Wildman–Crippen LogP) is 0.861. The van der Waals surface area contributed by atoms with Crippen LogP contribution in [0.25, 0.3) is 6.08 Å². The molecule has 0 bridgehead atoms. The zero-order valence-electron chi connectivity index (χ0n) is 7.02. The highest BCUT2D eigenvalue weighted by atomic mass is 16.5. The van der Waals surface area contributed by atoms with Crippen molar-refractivity contribution in [3.05, 3.63) is 34.4 Å². The Morgan fingerprint density at radius 2 is 2.23 bits per heavy atom. The normalized spacial score (nSPS) is 10.2. The van der Waals surface area contributed by atoms with Gasteiger partial charge >= 0.3 is 5.63 Å². The quantitative estimate of drug-likeness (QED) is 0.511. The largest absolute Gasteiger partial charge is 0.496 e. The Hall–Kier alpha value is -1.84. The molecule has 0 radical (unpaired) electrons. The van der Waals surface area contributed by atoms with Crippen LogP contribution in [0.2, 0.25) is 0 Å². The first-order valence-electron chi connectivity index (χ1n) is 3.57. The van der Waals surface area contributed by atoms with E-state index in [1.54, 1.807) is 0 Å². The van der Waals surface area contributed by atoms with Gasteiger partial charge in [-0.25, -0.2) is 4.79 Å². The fraction of sp³-hybridized carbons (Fsp3) is 0.111. The van der Waals surface area contributed by atoms with Gasteiger partial charge in [-0.05, 0) is 12.2 Å². The highest BCUT2D eigenvalue weighted by Crippen LogP contribution is 2.10. The number of ether oxygens (including phenoxy) is 1. The molecule has 0 N–H and O–H groups in total. The third-order valence-corrected chi connectivity index (χ3v) is 1.34. The SMILES string of the molecule is COc1cc(/C=C/C=O)oc(=O)c1. The van der Waals surface area contributed by atoms with E-state index in [0.29, 0.717) is 12.0 Å². The number of hydrogen-bond acceptors (Lipinski definition) is 4. The molecule has 0 fully saturated rings. The zero-order chi connectivity index (χ0) is 9.68. The van der Waals surface area contributed by atoms with Crippen LogP contribution in [0, 0.1) is 0 Å². The van der Waals surface area contributed by atoms with Crippen molar-refractivity contribution in [1.82, 2.24) is 0 Å². The topological polar surface area (TPSA) is 56.5 Å².